The first-order valence-corrected chi connectivity index (χ1v) is 8.72. The molecule has 0 aliphatic rings. The lowest BCUT2D eigenvalue weighted by molar-refractivity contribution is -0.111. The molecule has 0 saturated heterocycles. The highest BCUT2D eigenvalue weighted by Gasteiger charge is 2.07. The van der Waals surface area contributed by atoms with Crippen LogP contribution in [0.15, 0.2) is 78.9 Å². The van der Waals surface area contributed by atoms with Crippen molar-refractivity contribution in [1.82, 2.24) is 0 Å². The number of carbonyl (C=O) groups is 1. The normalized spacial score (nSPS) is 10.5. The van der Waals surface area contributed by atoms with E-state index in [4.69, 9.17) is 14.2 Å². The Kier molecular flexibility index (Phi) is 6.31. The molecule has 3 rings (SSSR count). The summed E-state index contributed by atoms with van der Waals surface area (Å²) >= 11 is 0. The molecule has 3 aromatic rings. The maximum atomic E-state index is 12.4. The van der Waals surface area contributed by atoms with Crippen LogP contribution in [0.2, 0.25) is 0 Å². The second kappa shape index (κ2) is 9.28. The topological polar surface area (TPSA) is 56.8 Å². The summed E-state index contributed by atoms with van der Waals surface area (Å²) < 4.78 is 16.4. The highest BCUT2D eigenvalue weighted by molar-refractivity contribution is 6.03. The summed E-state index contributed by atoms with van der Waals surface area (Å²) in [5.41, 5.74) is 1.32. The molecular formula is C23H21NO4. The van der Waals surface area contributed by atoms with E-state index in [1.54, 1.807) is 50.6 Å². The van der Waals surface area contributed by atoms with Gasteiger partial charge in [0.2, 0.25) is 5.91 Å². The zero-order valence-electron chi connectivity index (χ0n) is 15.7. The highest BCUT2D eigenvalue weighted by atomic mass is 16.5. The standard InChI is InChI=1S/C23H21NO4/c1-26-19-13-14-21(27-2)17(16-19)12-15-23(25)24-20-10-6-7-11-22(20)28-18-8-4-3-5-9-18/h3-16H,1-2H3,(H,24,25)/b15-12+. The molecule has 0 aliphatic heterocycles. The van der Waals surface area contributed by atoms with Crippen LogP contribution in [0, 0.1) is 0 Å². The lowest BCUT2D eigenvalue weighted by Crippen LogP contribution is -2.08. The van der Waals surface area contributed by atoms with Gasteiger partial charge in [-0.15, -0.1) is 0 Å². The SMILES string of the molecule is COc1ccc(OC)c(/C=C/C(=O)Nc2ccccc2Oc2ccccc2)c1. The van der Waals surface area contributed by atoms with Gasteiger partial charge in [-0.1, -0.05) is 30.3 Å². The van der Waals surface area contributed by atoms with Gasteiger partial charge in [0.25, 0.3) is 0 Å². The molecule has 142 valence electrons. The van der Waals surface area contributed by atoms with Gasteiger partial charge in [0.15, 0.2) is 5.75 Å². The molecule has 0 bridgehead atoms. The van der Waals surface area contributed by atoms with Gasteiger partial charge in [-0.25, -0.2) is 0 Å². The van der Waals surface area contributed by atoms with Crippen molar-refractivity contribution >= 4 is 17.7 Å². The number of amides is 1. The number of rotatable bonds is 7. The Morgan fingerprint density at radius 2 is 1.57 bits per heavy atom. The molecule has 0 unspecified atom stereocenters. The Morgan fingerprint density at radius 3 is 2.32 bits per heavy atom. The number of benzene rings is 3. The molecule has 5 nitrogen and oxygen atoms in total. The van der Waals surface area contributed by atoms with Gasteiger partial charge in [-0.3, -0.25) is 4.79 Å². The third-order valence-electron chi connectivity index (χ3n) is 3.97. The van der Waals surface area contributed by atoms with Crippen LogP contribution < -0.4 is 19.5 Å². The van der Waals surface area contributed by atoms with Crippen LogP contribution in [0.5, 0.6) is 23.0 Å². The number of nitrogens with one attached hydrogen (secondary N) is 1. The lowest BCUT2D eigenvalue weighted by Gasteiger charge is -2.11. The van der Waals surface area contributed by atoms with Crippen LogP contribution in [-0.2, 0) is 4.79 Å². The summed E-state index contributed by atoms with van der Waals surface area (Å²) in [6, 6.07) is 22.1. The number of hydrogen-bond acceptors (Lipinski definition) is 4. The van der Waals surface area contributed by atoms with E-state index in [2.05, 4.69) is 5.32 Å². The fourth-order valence-corrected chi connectivity index (χ4v) is 2.58. The van der Waals surface area contributed by atoms with Crippen molar-refractivity contribution in [2.45, 2.75) is 0 Å². The largest absolute Gasteiger partial charge is 0.497 e. The summed E-state index contributed by atoms with van der Waals surface area (Å²) in [4.78, 5) is 12.4. The Balaban J connectivity index is 1.74. The van der Waals surface area contributed by atoms with Gasteiger partial charge >= 0.3 is 0 Å². The van der Waals surface area contributed by atoms with E-state index in [0.29, 0.717) is 28.7 Å². The zero-order chi connectivity index (χ0) is 19.8. The molecule has 0 spiro atoms. The number of ether oxygens (including phenoxy) is 3. The second-order valence-electron chi connectivity index (χ2n) is 5.84. The second-order valence-corrected chi connectivity index (χ2v) is 5.84. The first kappa shape index (κ1) is 19.0. The molecule has 1 amide bonds. The summed E-state index contributed by atoms with van der Waals surface area (Å²) in [5, 5.41) is 2.84. The van der Waals surface area contributed by atoms with Gasteiger partial charge in [0.1, 0.15) is 17.2 Å². The molecular weight excluding hydrogens is 354 g/mol. The predicted octanol–water partition coefficient (Wildman–Crippen LogP) is 5.15. The summed E-state index contributed by atoms with van der Waals surface area (Å²) in [7, 11) is 3.17. The predicted molar refractivity (Wildman–Crippen MR) is 110 cm³/mol. The molecule has 0 heterocycles. The van der Waals surface area contributed by atoms with Crippen LogP contribution >= 0.6 is 0 Å². The minimum atomic E-state index is -0.283. The monoisotopic (exact) mass is 375 g/mol. The van der Waals surface area contributed by atoms with Crippen LogP contribution in [0.3, 0.4) is 0 Å². The van der Waals surface area contributed by atoms with E-state index in [9.17, 15) is 4.79 Å². The molecule has 28 heavy (non-hydrogen) atoms. The van der Waals surface area contributed by atoms with E-state index >= 15 is 0 Å². The quantitative estimate of drug-likeness (QED) is 0.581. The van der Waals surface area contributed by atoms with E-state index in [0.717, 1.165) is 5.56 Å². The number of anilines is 1. The van der Waals surface area contributed by atoms with Gasteiger partial charge < -0.3 is 19.5 Å². The number of carbonyl (C=O) groups excluding carboxylic acids is 1. The van der Waals surface area contributed by atoms with Crippen molar-refractivity contribution in [3.63, 3.8) is 0 Å². The van der Waals surface area contributed by atoms with E-state index < -0.39 is 0 Å². The van der Waals surface area contributed by atoms with Crippen LogP contribution in [-0.4, -0.2) is 20.1 Å². The maximum absolute atomic E-state index is 12.4. The van der Waals surface area contributed by atoms with E-state index in [1.165, 1.54) is 6.08 Å². The van der Waals surface area contributed by atoms with Crippen molar-refractivity contribution in [2.24, 2.45) is 0 Å². The third kappa shape index (κ3) is 4.92. The molecule has 0 atom stereocenters. The van der Waals surface area contributed by atoms with Crippen molar-refractivity contribution in [3.05, 3.63) is 84.4 Å². The molecule has 0 saturated carbocycles. The first-order chi connectivity index (χ1) is 13.7. The van der Waals surface area contributed by atoms with Crippen molar-refractivity contribution in [1.29, 1.82) is 0 Å². The Morgan fingerprint density at radius 1 is 0.821 bits per heavy atom. The molecule has 1 N–H and O–H groups in total. The van der Waals surface area contributed by atoms with Crippen molar-refractivity contribution < 1.29 is 19.0 Å². The van der Waals surface area contributed by atoms with Gasteiger partial charge in [-0.05, 0) is 48.5 Å². The van der Waals surface area contributed by atoms with Crippen molar-refractivity contribution in [2.75, 3.05) is 19.5 Å². The van der Waals surface area contributed by atoms with Crippen LogP contribution in [0.4, 0.5) is 5.69 Å². The van der Waals surface area contributed by atoms with Gasteiger partial charge in [0.05, 0.1) is 19.9 Å². The third-order valence-corrected chi connectivity index (χ3v) is 3.97. The van der Waals surface area contributed by atoms with Crippen molar-refractivity contribution in [3.8, 4) is 23.0 Å². The average Bonchev–Trinajstić information content (AvgIpc) is 2.74. The molecule has 5 heteroatoms. The van der Waals surface area contributed by atoms with Gasteiger partial charge in [-0.2, -0.15) is 0 Å². The minimum absolute atomic E-state index is 0.283. The first-order valence-electron chi connectivity index (χ1n) is 8.72. The summed E-state index contributed by atoms with van der Waals surface area (Å²) in [6.45, 7) is 0. The Bertz CT molecular complexity index is 967. The zero-order valence-corrected chi connectivity index (χ0v) is 15.7. The molecule has 0 radical (unpaired) electrons. The molecule has 0 aliphatic carbocycles. The summed E-state index contributed by atoms with van der Waals surface area (Å²) in [6.07, 6.45) is 3.12. The van der Waals surface area contributed by atoms with Crippen LogP contribution in [0.1, 0.15) is 5.56 Å². The van der Waals surface area contributed by atoms with Gasteiger partial charge in [0, 0.05) is 11.6 Å². The van der Waals surface area contributed by atoms with E-state index in [-0.39, 0.29) is 5.91 Å². The molecule has 3 aromatic carbocycles. The fraction of sp³-hybridized carbons (Fsp3) is 0.0870. The van der Waals surface area contributed by atoms with E-state index in [1.807, 2.05) is 42.5 Å². The smallest absolute Gasteiger partial charge is 0.248 e. The number of methoxy groups -OCH3 is 2. The minimum Gasteiger partial charge on any atom is -0.497 e. The van der Waals surface area contributed by atoms with Crippen LogP contribution in [0.25, 0.3) is 6.08 Å². The average molecular weight is 375 g/mol. The molecule has 0 aromatic heterocycles. The highest BCUT2D eigenvalue weighted by Crippen LogP contribution is 2.29. The Labute approximate surface area is 164 Å². The fourth-order valence-electron chi connectivity index (χ4n) is 2.58. The molecule has 0 fully saturated rings. The maximum Gasteiger partial charge on any atom is 0.248 e. The number of para-hydroxylation sites is 3. The lowest BCUT2D eigenvalue weighted by atomic mass is 10.1. The summed E-state index contributed by atoms with van der Waals surface area (Å²) in [5.74, 6) is 2.31. The Hall–Kier alpha value is -3.73. The number of hydrogen-bond donors (Lipinski definition) is 1.